The predicted molar refractivity (Wildman–Crippen MR) is 119 cm³/mol. The molecule has 9 nitrogen and oxygen atoms in total. The van der Waals surface area contributed by atoms with E-state index in [-0.39, 0.29) is 31.6 Å². The third-order valence-corrected chi connectivity index (χ3v) is 6.20. The van der Waals surface area contributed by atoms with E-state index in [1.807, 2.05) is 4.90 Å². The van der Waals surface area contributed by atoms with E-state index in [0.717, 1.165) is 18.5 Å². The maximum Gasteiger partial charge on any atom is 0.423 e. The Labute approximate surface area is 206 Å². The highest BCUT2D eigenvalue weighted by Crippen LogP contribution is 2.37. The molecular weight excluding hydrogens is 510 g/mol. The summed E-state index contributed by atoms with van der Waals surface area (Å²) < 4.78 is 83.9. The van der Waals surface area contributed by atoms with E-state index < -0.39 is 40.8 Å². The molecule has 2 aliphatic heterocycles. The summed E-state index contributed by atoms with van der Waals surface area (Å²) in [5.41, 5.74) is -3.52. The quantitative estimate of drug-likeness (QED) is 0.416. The van der Waals surface area contributed by atoms with Crippen molar-refractivity contribution in [3.05, 3.63) is 45.5 Å². The number of aromatic amines is 1. The van der Waals surface area contributed by atoms with Gasteiger partial charge in [0.15, 0.2) is 0 Å². The maximum absolute atomic E-state index is 13.1. The molecule has 2 N–H and O–H groups in total. The highest BCUT2D eigenvalue weighted by Gasteiger charge is 2.39. The molecule has 0 saturated carbocycles. The lowest BCUT2D eigenvalue weighted by Crippen LogP contribution is -2.53. The van der Waals surface area contributed by atoms with Crippen LogP contribution in [-0.2, 0) is 28.3 Å². The molecule has 0 unspecified atom stereocenters. The number of nitrogens with one attached hydrogen (secondary N) is 2. The molecule has 0 aromatic carbocycles. The fourth-order valence-corrected chi connectivity index (χ4v) is 4.53. The first-order valence-electron chi connectivity index (χ1n) is 11.4. The number of nitrogens with zero attached hydrogens (tertiary/aromatic N) is 4. The van der Waals surface area contributed by atoms with Crippen LogP contribution in [0.4, 0.5) is 37.8 Å². The van der Waals surface area contributed by atoms with E-state index in [1.54, 1.807) is 16.9 Å². The first-order valence-corrected chi connectivity index (χ1v) is 11.4. The average Bonchev–Trinajstić information content (AvgIpc) is 3.17. The molecule has 15 heteroatoms. The monoisotopic (exact) mass is 534 g/mol. The van der Waals surface area contributed by atoms with Crippen LogP contribution in [-0.4, -0.2) is 70.9 Å². The number of hydrogen-bond donors (Lipinski definition) is 2. The van der Waals surface area contributed by atoms with Crippen molar-refractivity contribution in [1.29, 1.82) is 0 Å². The summed E-state index contributed by atoms with van der Waals surface area (Å²) in [6.07, 6.45) is -7.27. The van der Waals surface area contributed by atoms with Crippen molar-refractivity contribution in [2.75, 3.05) is 43.1 Å². The molecule has 0 spiro atoms. The number of ether oxygens (including phenoxy) is 1. The number of hydrogen-bond acceptors (Lipinski definition) is 7. The zero-order chi connectivity index (χ0) is 27.0. The summed E-state index contributed by atoms with van der Waals surface area (Å²) in [4.78, 5) is 31.7. The van der Waals surface area contributed by atoms with Crippen molar-refractivity contribution in [1.82, 2.24) is 20.1 Å². The van der Waals surface area contributed by atoms with Crippen molar-refractivity contribution < 1.29 is 35.9 Å². The number of alkyl halides is 6. The second-order valence-electron chi connectivity index (χ2n) is 8.95. The average molecular weight is 534 g/mol. The van der Waals surface area contributed by atoms with E-state index in [1.165, 1.54) is 0 Å². The first kappa shape index (κ1) is 26.7. The van der Waals surface area contributed by atoms with Gasteiger partial charge in [-0.15, -0.1) is 0 Å². The third-order valence-electron chi connectivity index (χ3n) is 6.20. The van der Waals surface area contributed by atoms with Crippen LogP contribution >= 0.6 is 0 Å². The van der Waals surface area contributed by atoms with E-state index in [9.17, 15) is 35.9 Å². The Hall–Kier alpha value is -3.36. The van der Waals surface area contributed by atoms with Crippen LogP contribution in [0, 0.1) is 0 Å². The highest BCUT2D eigenvalue weighted by molar-refractivity contribution is 5.77. The summed E-state index contributed by atoms with van der Waals surface area (Å²) in [7, 11) is 0. The minimum atomic E-state index is -4.87. The second kappa shape index (κ2) is 10.2. The minimum Gasteiger partial charge on any atom is -0.379 e. The van der Waals surface area contributed by atoms with Crippen LogP contribution in [0.15, 0.2) is 23.3 Å². The largest absolute Gasteiger partial charge is 0.423 e. The number of halogens is 6. The summed E-state index contributed by atoms with van der Waals surface area (Å²) >= 11 is 0. The molecule has 1 saturated heterocycles. The van der Waals surface area contributed by atoms with Crippen LogP contribution < -0.4 is 15.8 Å². The Morgan fingerprint density at radius 1 is 1.22 bits per heavy atom. The fourth-order valence-electron chi connectivity index (χ4n) is 4.53. The summed E-state index contributed by atoms with van der Waals surface area (Å²) in [5, 5.41) is 7.69. The molecule has 2 aliphatic rings. The van der Waals surface area contributed by atoms with Gasteiger partial charge in [-0.2, -0.15) is 31.4 Å². The van der Waals surface area contributed by atoms with E-state index in [0.29, 0.717) is 37.4 Å². The van der Waals surface area contributed by atoms with E-state index in [4.69, 9.17) is 4.74 Å². The summed E-state index contributed by atoms with van der Waals surface area (Å²) in [5.74, 6) is 0.317. The molecule has 1 fully saturated rings. The van der Waals surface area contributed by atoms with Crippen LogP contribution in [0.5, 0.6) is 0 Å². The van der Waals surface area contributed by atoms with Crippen LogP contribution in [0.1, 0.15) is 30.0 Å². The number of fused-ring (bicyclic) bond motifs is 3. The second-order valence-corrected chi connectivity index (χ2v) is 8.95. The Morgan fingerprint density at radius 3 is 2.68 bits per heavy atom. The molecular formula is C22H24F6N6O3. The summed E-state index contributed by atoms with van der Waals surface area (Å²) in [6.45, 7) is 2.70. The van der Waals surface area contributed by atoms with E-state index in [2.05, 4.69) is 15.4 Å². The van der Waals surface area contributed by atoms with E-state index >= 15 is 0 Å². The van der Waals surface area contributed by atoms with Crippen molar-refractivity contribution in [3.8, 4) is 0 Å². The molecule has 4 heterocycles. The first-order chi connectivity index (χ1) is 17.3. The van der Waals surface area contributed by atoms with Crippen LogP contribution in [0.25, 0.3) is 0 Å². The number of rotatable bonds is 7. The van der Waals surface area contributed by atoms with Gasteiger partial charge in [0.1, 0.15) is 11.4 Å². The Morgan fingerprint density at radius 2 is 1.97 bits per heavy atom. The van der Waals surface area contributed by atoms with Gasteiger partial charge in [0.2, 0.25) is 5.91 Å². The van der Waals surface area contributed by atoms with Crippen molar-refractivity contribution in [2.24, 2.45) is 0 Å². The molecule has 37 heavy (non-hydrogen) atoms. The molecule has 4 rings (SSSR count). The van der Waals surface area contributed by atoms with Crippen molar-refractivity contribution in [2.45, 2.75) is 44.2 Å². The van der Waals surface area contributed by atoms with Gasteiger partial charge < -0.3 is 19.9 Å². The maximum atomic E-state index is 13.1. The zero-order valence-electron chi connectivity index (χ0n) is 19.6. The van der Waals surface area contributed by atoms with Gasteiger partial charge in [0.25, 0.3) is 5.56 Å². The number of carbonyl (C=O) groups excluding carboxylic acids is 1. The van der Waals surface area contributed by atoms with Gasteiger partial charge in [0.05, 0.1) is 43.1 Å². The Kier molecular flexibility index (Phi) is 7.35. The van der Waals surface area contributed by atoms with Gasteiger partial charge in [-0.1, -0.05) is 0 Å². The molecule has 2 aromatic heterocycles. The number of anilines is 2. The lowest BCUT2D eigenvalue weighted by Gasteiger charge is -2.38. The number of amides is 1. The SMILES string of the molecule is C[C@@H](COCCC(=O)N1CCN2c3ncc(C(F)(F)F)cc3C[C@H]2C1)Nc1cn[nH]c(=O)c1C(F)(F)F. The Balaban J connectivity index is 1.24. The van der Waals surface area contributed by atoms with Gasteiger partial charge in [-0.05, 0) is 25.0 Å². The fraction of sp³-hybridized carbons (Fsp3) is 0.545. The lowest BCUT2D eigenvalue weighted by atomic mass is 10.1. The molecule has 202 valence electrons. The standard InChI is InChI=1S/C22H24F6N6O3/c1-12(31-16-9-30-32-20(36)18(16)22(26,27)28)11-37-5-2-17(35)33-3-4-34-15(10-33)7-13-6-14(21(23,24)25)8-29-19(13)34/h6,8-9,12,15H,2-5,7,10-11H2,1H3,(H2,31,32,36)/t12-,15-/m0/s1. The molecule has 0 aliphatic carbocycles. The Bertz CT molecular complexity index is 1200. The third kappa shape index (κ3) is 5.97. The number of carbonyl (C=O) groups is 1. The highest BCUT2D eigenvalue weighted by atomic mass is 19.4. The molecule has 0 bridgehead atoms. The normalized spacial score (nSPS) is 18.4. The minimum absolute atomic E-state index is 0.0200. The number of H-pyrrole nitrogens is 1. The number of aromatic nitrogens is 3. The molecule has 0 radical (unpaired) electrons. The summed E-state index contributed by atoms with van der Waals surface area (Å²) in [6, 6.07) is 0.323. The predicted octanol–water partition coefficient (Wildman–Crippen LogP) is 2.68. The van der Waals surface area contributed by atoms with Crippen molar-refractivity contribution in [3.63, 3.8) is 0 Å². The van der Waals surface area contributed by atoms with Crippen molar-refractivity contribution >= 4 is 17.4 Å². The molecule has 1 amide bonds. The topological polar surface area (TPSA) is 103 Å². The van der Waals surface area contributed by atoms with Gasteiger partial charge >= 0.3 is 12.4 Å². The zero-order valence-corrected chi connectivity index (χ0v) is 19.6. The van der Waals surface area contributed by atoms with Gasteiger partial charge in [0, 0.05) is 31.9 Å². The number of piperazine rings is 1. The van der Waals surface area contributed by atoms with Gasteiger partial charge in [-0.25, -0.2) is 10.1 Å². The smallest absolute Gasteiger partial charge is 0.379 e. The van der Waals surface area contributed by atoms with Gasteiger partial charge in [-0.3, -0.25) is 9.59 Å². The molecule has 2 aromatic rings. The number of pyridine rings is 1. The molecule has 2 atom stereocenters. The van der Waals surface area contributed by atoms with Crippen LogP contribution in [0.2, 0.25) is 0 Å². The lowest BCUT2D eigenvalue weighted by molar-refractivity contribution is -0.138. The van der Waals surface area contributed by atoms with Crippen LogP contribution in [0.3, 0.4) is 0 Å².